The highest BCUT2D eigenvalue weighted by atomic mass is 32.2. The van der Waals surface area contributed by atoms with E-state index >= 15 is 0 Å². The summed E-state index contributed by atoms with van der Waals surface area (Å²) in [4.78, 5) is 1.01. The summed E-state index contributed by atoms with van der Waals surface area (Å²) in [6.45, 7) is 2.33. The Morgan fingerprint density at radius 2 is 2.25 bits per heavy atom. The fourth-order valence-corrected chi connectivity index (χ4v) is 4.70. The van der Waals surface area contributed by atoms with Gasteiger partial charge in [-0.05, 0) is 23.9 Å². The molecule has 2 aromatic rings. The molecule has 110 valence electrons. The monoisotopic (exact) mass is 314 g/mol. The Morgan fingerprint density at radius 3 is 2.85 bits per heavy atom. The van der Waals surface area contributed by atoms with Crippen molar-refractivity contribution in [2.24, 2.45) is 12.8 Å². The maximum Gasteiger partial charge on any atom is 0.241 e. The van der Waals surface area contributed by atoms with Gasteiger partial charge in [0.25, 0.3) is 0 Å². The van der Waals surface area contributed by atoms with Gasteiger partial charge in [-0.3, -0.25) is 4.68 Å². The highest BCUT2D eigenvalue weighted by Gasteiger charge is 2.21. The number of nitrogens with one attached hydrogen (secondary N) is 1. The minimum absolute atomic E-state index is 0.231. The normalized spacial score (nSPS) is 11.9. The van der Waals surface area contributed by atoms with Gasteiger partial charge >= 0.3 is 0 Å². The maximum atomic E-state index is 12.3. The fourth-order valence-electron chi connectivity index (χ4n) is 1.97. The van der Waals surface area contributed by atoms with Crippen molar-refractivity contribution in [1.29, 1.82) is 0 Å². The zero-order valence-corrected chi connectivity index (χ0v) is 13.1. The first-order valence-corrected chi connectivity index (χ1v) is 8.55. The van der Waals surface area contributed by atoms with Gasteiger partial charge < -0.3 is 5.73 Å². The van der Waals surface area contributed by atoms with E-state index < -0.39 is 10.0 Å². The van der Waals surface area contributed by atoms with Crippen LogP contribution in [0.25, 0.3) is 0 Å². The highest BCUT2D eigenvalue weighted by Crippen LogP contribution is 2.26. The molecule has 8 heteroatoms. The Labute approximate surface area is 122 Å². The summed E-state index contributed by atoms with van der Waals surface area (Å²) in [6, 6.07) is 1.87. The molecule has 0 aromatic carbocycles. The lowest BCUT2D eigenvalue weighted by molar-refractivity contribution is 0.579. The van der Waals surface area contributed by atoms with Crippen LogP contribution in [0, 0.1) is 6.92 Å². The van der Waals surface area contributed by atoms with Gasteiger partial charge in [-0.25, -0.2) is 13.1 Å². The van der Waals surface area contributed by atoms with Crippen LogP contribution in [0.15, 0.2) is 22.5 Å². The molecule has 20 heavy (non-hydrogen) atoms. The van der Waals surface area contributed by atoms with Crippen LogP contribution >= 0.6 is 11.3 Å². The van der Waals surface area contributed by atoms with Crippen molar-refractivity contribution in [3.8, 4) is 0 Å². The minimum Gasteiger partial charge on any atom is -0.326 e. The van der Waals surface area contributed by atoms with Crippen LogP contribution in [0.5, 0.6) is 0 Å². The lowest BCUT2D eigenvalue weighted by Gasteiger charge is -2.07. The SMILES string of the molecule is Cc1csc(CN)c1S(=O)(=O)NCCc1ccn(C)n1. The molecule has 0 unspecified atom stereocenters. The first-order valence-electron chi connectivity index (χ1n) is 6.19. The average molecular weight is 314 g/mol. The Balaban J connectivity index is 2.06. The lowest BCUT2D eigenvalue weighted by atomic mass is 10.3. The number of nitrogens with two attached hydrogens (primary N) is 1. The first-order chi connectivity index (χ1) is 9.44. The molecular formula is C12H18N4O2S2. The molecule has 0 amide bonds. The van der Waals surface area contributed by atoms with Crippen molar-refractivity contribution < 1.29 is 8.42 Å². The third-order valence-corrected chi connectivity index (χ3v) is 5.83. The van der Waals surface area contributed by atoms with Crippen LogP contribution in [0.1, 0.15) is 16.1 Å². The smallest absolute Gasteiger partial charge is 0.241 e. The molecule has 0 aliphatic carbocycles. The molecule has 0 spiro atoms. The van der Waals surface area contributed by atoms with E-state index in [1.165, 1.54) is 11.3 Å². The molecule has 2 aromatic heterocycles. The van der Waals surface area contributed by atoms with E-state index in [0.29, 0.717) is 22.7 Å². The van der Waals surface area contributed by atoms with E-state index in [2.05, 4.69) is 9.82 Å². The third-order valence-electron chi connectivity index (χ3n) is 2.89. The van der Waals surface area contributed by atoms with E-state index in [4.69, 9.17) is 5.73 Å². The summed E-state index contributed by atoms with van der Waals surface area (Å²) in [5.41, 5.74) is 7.18. The van der Waals surface area contributed by atoms with Crippen LogP contribution in [-0.4, -0.2) is 24.7 Å². The van der Waals surface area contributed by atoms with Crippen LogP contribution in [0.4, 0.5) is 0 Å². The second kappa shape index (κ2) is 6.04. The Bertz CT molecular complexity index is 688. The van der Waals surface area contributed by atoms with Gasteiger partial charge in [0.1, 0.15) is 4.90 Å². The molecule has 0 bridgehead atoms. The first kappa shape index (κ1) is 15.2. The zero-order chi connectivity index (χ0) is 14.8. The number of aryl methyl sites for hydroxylation is 2. The minimum atomic E-state index is -3.51. The number of hydrogen-bond acceptors (Lipinski definition) is 5. The topological polar surface area (TPSA) is 90.0 Å². The number of thiophene rings is 1. The predicted molar refractivity (Wildman–Crippen MR) is 79.0 cm³/mol. The van der Waals surface area contributed by atoms with Gasteiger partial charge in [0, 0.05) is 37.6 Å². The highest BCUT2D eigenvalue weighted by molar-refractivity contribution is 7.89. The number of hydrogen-bond donors (Lipinski definition) is 2. The lowest BCUT2D eigenvalue weighted by Crippen LogP contribution is -2.27. The molecule has 3 N–H and O–H groups in total. The molecule has 0 saturated carbocycles. The molecule has 6 nitrogen and oxygen atoms in total. The molecule has 2 heterocycles. The summed E-state index contributed by atoms with van der Waals surface area (Å²) in [5.74, 6) is 0. The van der Waals surface area contributed by atoms with Crippen molar-refractivity contribution in [1.82, 2.24) is 14.5 Å². The largest absolute Gasteiger partial charge is 0.326 e. The quantitative estimate of drug-likeness (QED) is 0.824. The van der Waals surface area contributed by atoms with Crippen molar-refractivity contribution >= 4 is 21.4 Å². The van der Waals surface area contributed by atoms with Gasteiger partial charge in [-0.15, -0.1) is 11.3 Å². The van der Waals surface area contributed by atoms with E-state index in [1.807, 2.05) is 24.7 Å². The third kappa shape index (κ3) is 3.26. The molecule has 0 radical (unpaired) electrons. The number of sulfonamides is 1. The Kier molecular flexibility index (Phi) is 4.59. The summed E-state index contributed by atoms with van der Waals surface area (Å²) < 4.78 is 28.9. The van der Waals surface area contributed by atoms with Gasteiger partial charge in [0.15, 0.2) is 0 Å². The fraction of sp³-hybridized carbons (Fsp3) is 0.417. The van der Waals surface area contributed by atoms with Crippen LogP contribution in [-0.2, 0) is 30.0 Å². The Hall–Kier alpha value is -1.22. The molecule has 0 saturated heterocycles. The van der Waals surface area contributed by atoms with E-state index in [0.717, 1.165) is 11.3 Å². The number of aromatic nitrogens is 2. The van der Waals surface area contributed by atoms with Crippen molar-refractivity contribution in [3.05, 3.63) is 33.8 Å². The molecule has 0 aliphatic rings. The van der Waals surface area contributed by atoms with Crippen LogP contribution in [0.3, 0.4) is 0 Å². The summed E-state index contributed by atoms with van der Waals surface area (Å²) in [6.07, 6.45) is 2.39. The van der Waals surface area contributed by atoms with Gasteiger partial charge in [0.2, 0.25) is 10.0 Å². The molecule has 0 atom stereocenters. The summed E-state index contributed by atoms with van der Waals surface area (Å²) >= 11 is 1.38. The van der Waals surface area contributed by atoms with Gasteiger partial charge in [-0.1, -0.05) is 0 Å². The standard InChI is InChI=1S/C12H18N4O2S2/c1-9-8-19-11(7-13)12(9)20(17,18)14-5-3-10-4-6-16(2)15-10/h4,6,8,14H,3,5,7,13H2,1-2H3. The summed E-state index contributed by atoms with van der Waals surface area (Å²) in [5, 5.41) is 6.02. The maximum absolute atomic E-state index is 12.3. The summed E-state index contributed by atoms with van der Waals surface area (Å²) in [7, 11) is -1.68. The van der Waals surface area contributed by atoms with E-state index in [9.17, 15) is 8.42 Å². The molecular weight excluding hydrogens is 296 g/mol. The Morgan fingerprint density at radius 1 is 1.50 bits per heavy atom. The van der Waals surface area contributed by atoms with Crippen molar-refractivity contribution in [3.63, 3.8) is 0 Å². The molecule has 0 aliphatic heterocycles. The van der Waals surface area contributed by atoms with Crippen LogP contribution in [0.2, 0.25) is 0 Å². The number of nitrogens with zero attached hydrogens (tertiary/aromatic N) is 2. The van der Waals surface area contributed by atoms with Gasteiger partial charge in [-0.2, -0.15) is 5.10 Å². The van der Waals surface area contributed by atoms with E-state index in [1.54, 1.807) is 11.6 Å². The number of rotatable bonds is 6. The predicted octanol–water partition coefficient (Wildman–Crippen LogP) is 0.770. The average Bonchev–Trinajstić information content (AvgIpc) is 2.95. The van der Waals surface area contributed by atoms with Crippen LogP contribution < -0.4 is 10.5 Å². The van der Waals surface area contributed by atoms with Gasteiger partial charge in [0.05, 0.1) is 5.69 Å². The van der Waals surface area contributed by atoms with E-state index in [-0.39, 0.29) is 6.54 Å². The van der Waals surface area contributed by atoms with Crippen molar-refractivity contribution in [2.45, 2.75) is 24.8 Å². The second-order valence-corrected chi connectivity index (χ2v) is 7.17. The molecule has 0 fully saturated rings. The molecule has 2 rings (SSSR count). The van der Waals surface area contributed by atoms with Crippen molar-refractivity contribution in [2.75, 3.05) is 6.54 Å². The zero-order valence-electron chi connectivity index (χ0n) is 11.5. The second-order valence-electron chi connectivity index (χ2n) is 4.50.